The molecular weight excluding hydrogens is 420 g/mol. The van der Waals surface area contributed by atoms with Gasteiger partial charge < -0.3 is 9.88 Å². The highest BCUT2D eigenvalue weighted by Gasteiger charge is 2.19. The first-order valence-corrected chi connectivity index (χ1v) is 11.8. The minimum Gasteiger partial charge on any atom is -0.325 e. The number of aromatic nitrogens is 3. The van der Waals surface area contributed by atoms with Crippen LogP contribution >= 0.6 is 11.8 Å². The predicted octanol–water partition coefficient (Wildman–Crippen LogP) is 3.91. The molecule has 1 aromatic heterocycles. The van der Waals surface area contributed by atoms with Crippen molar-refractivity contribution < 1.29 is 4.79 Å². The molecule has 0 aliphatic carbocycles. The summed E-state index contributed by atoms with van der Waals surface area (Å²) in [4.78, 5) is 14.8. The van der Waals surface area contributed by atoms with E-state index in [1.54, 1.807) is 24.3 Å². The first-order valence-electron chi connectivity index (χ1n) is 10.8. The molecule has 3 aromatic rings. The zero-order valence-corrected chi connectivity index (χ0v) is 18.7. The Balaban J connectivity index is 1.40. The van der Waals surface area contributed by atoms with E-state index in [2.05, 4.69) is 43.2 Å². The van der Waals surface area contributed by atoms with E-state index < -0.39 is 0 Å². The fraction of sp³-hybridized carbons (Fsp3) is 0.333. The maximum Gasteiger partial charge on any atom is 0.225 e. The van der Waals surface area contributed by atoms with Crippen LogP contribution in [0.5, 0.6) is 0 Å². The number of likely N-dealkylation sites (tertiary alicyclic amines) is 1. The maximum atomic E-state index is 12.4. The first kappa shape index (κ1) is 22.1. The first-order chi connectivity index (χ1) is 15.7. The molecular formula is C24H26N6OS. The fourth-order valence-corrected chi connectivity index (χ4v) is 4.64. The van der Waals surface area contributed by atoms with Gasteiger partial charge in [-0.3, -0.25) is 9.69 Å². The Kier molecular flexibility index (Phi) is 7.54. The number of rotatable bonds is 9. The second kappa shape index (κ2) is 10.9. The molecule has 1 N–H and O–H groups in total. The Morgan fingerprint density at radius 2 is 1.78 bits per heavy atom. The molecule has 2 heterocycles. The van der Waals surface area contributed by atoms with Crippen molar-refractivity contribution >= 4 is 23.4 Å². The number of nitrogens with zero attached hydrogens (tertiary/aromatic N) is 5. The number of benzene rings is 2. The van der Waals surface area contributed by atoms with Gasteiger partial charge in [-0.2, -0.15) is 5.26 Å². The van der Waals surface area contributed by atoms with E-state index in [9.17, 15) is 10.1 Å². The second-order valence-electron chi connectivity index (χ2n) is 7.76. The highest BCUT2D eigenvalue weighted by atomic mass is 32.2. The molecule has 0 spiro atoms. The molecule has 164 valence electrons. The molecule has 0 unspecified atom stereocenters. The van der Waals surface area contributed by atoms with Crippen molar-refractivity contribution in [2.45, 2.75) is 37.5 Å². The van der Waals surface area contributed by atoms with Crippen LogP contribution in [0.15, 0.2) is 59.8 Å². The van der Waals surface area contributed by atoms with Gasteiger partial charge in [0.25, 0.3) is 0 Å². The maximum absolute atomic E-state index is 12.4. The highest BCUT2D eigenvalue weighted by molar-refractivity contribution is 7.99. The summed E-state index contributed by atoms with van der Waals surface area (Å²) in [6.45, 7) is 3.71. The minimum absolute atomic E-state index is 0.119. The van der Waals surface area contributed by atoms with Gasteiger partial charge in [0.1, 0.15) is 11.9 Å². The van der Waals surface area contributed by atoms with Crippen molar-refractivity contribution in [1.29, 1.82) is 5.26 Å². The summed E-state index contributed by atoms with van der Waals surface area (Å²) >= 11 is 1.54. The van der Waals surface area contributed by atoms with Gasteiger partial charge in [0, 0.05) is 12.2 Å². The summed E-state index contributed by atoms with van der Waals surface area (Å²) < 4.78 is 2.17. The van der Waals surface area contributed by atoms with E-state index in [-0.39, 0.29) is 5.91 Å². The van der Waals surface area contributed by atoms with Crippen molar-refractivity contribution in [3.05, 3.63) is 71.5 Å². The van der Waals surface area contributed by atoms with Crippen LogP contribution in [0.3, 0.4) is 0 Å². The van der Waals surface area contributed by atoms with Crippen LogP contribution in [0.25, 0.3) is 0 Å². The molecule has 7 nitrogen and oxygen atoms in total. The average Bonchev–Trinajstić information content (AvgIpc) is 3.46. The zero-order chi connectivity index (χ0) is 22.2. The lowest BCUT2D eigenvalue weighted by Crippen LogP contribution is -2.21. The number of nitriles is 1. The van der Waals surface area contributed by atoms with Gasteiger partial charge in [-0.15, -0.1) is 10.2 Å². The Hall–Kier alpha value is -3.15. The Bertz CT molecular complexity index is 1090. The Morgan fingerprint density at radius 1 is 1.03 bits per heavy atom. The summed E-state index contributed by atoms with van der Waals surface area (Å²) in [5, 5.41) is 21.8. The van der Waals surface area contributed by atoms with Crippen LogP contribution in [-0.4, -0.2) is 44.4 Å². The average molecular weight is 447 g/mol. The third-order valence-corrected chi connectivity index (χ3v) is 6.39. The number of thioether (sulfide) groups is 1. The van der Waals surface area contributed by atoms with Crippen molar-refractivity contribution in [3.8, 4) is 6.07 Å². The van der Waals surface area contributed by atoms with Gasteiger partial charge in [-0.1, -0.05) is 54.2 Å². The number of carbonyl (C=O) groups is 1. The minimum atomic E-state index is -0.119. The SMILES string of the molecule is N#Cc1ccccc1NC(=O)CCSc1nnc(CN2CCCC2)n1Cc1ccccc1. The smallest absolute Gasteiger partial charge is 0.225 e. The number of amides is 1. The standard InChI is InChI=1S/C24H26N6OS/c25-16-20-10-4-5-11-21(20)26-23(31)12-15-32-24-28-27-22(18-29-13-6-7-14-29)30(24)17-19-8-2-1-3-9-19/h1-5,8-11H,6-7,12-15,17-18H2,(H,26,31). The summed E-state index contributed by atoms with van der Waals surface area (Å²) in [7, 11) is 0. The molecule has 1 aliphatic rings. The third-order valence-electron chi connectivity index (χ3n) is 5.42. The number of para-hydroxylation sites is 1. The van der Waals surface area contributed by atoms with Crippen LogP contribution in [0, 0.1) is 11.3 Å². The molecule has 4 rings (SSSR count). The lowest BCUT2D eigenvalue weighted by Gasteiger charge is -2.16. The van der Waals surface area contributed by atoms with Crippen LogP contribution in [-0.2, 0) is 17.9 Å². The number of anilines is 1. The van der Waals surface area contributed by atoms with Crippen LogP contribution < -0.4 is 5.32 Å². The van der Waals surface area contributed by atoms with Crippen molar-refractivity contribution in [1.82, 2.24) is 19.7 Å². The van der Waals surface area contributed by atoms with Gasteiger partial charge in [-0.05, 0) is 43.6 Å². The number of carbonyl (C=O) groups excluding carboxylic acids is 1. The van der Waals surface area contributed by atoms with Gasteiger partial charge in [0.15, 0.2) is 5.16 Å². The van der Waals surface area contributed by atoms with Gasteiger partial charge in [0.05, 0.1) is 24.3 Å². The molecule has 2 aromatic carbocycles. The quantitative estimate of drug-likeness (QED) is 0.502. The second-order valence-corrected chi connectivity index (χ2v) is 8.82. The summed E-state index contributed by atoms with van der Waals surface area (Å²) in [5.41, 5.74) is 2.20. The Labute approximate surface area is 192 Å². The highest BCUT2D eigenvalue weighted by Crippen LogP contribution is 2.22. The lowest BCUT2D eigenvalue weighted by molar-refractivity contribution is -0.115. The summed E-state index contributed by atoms with van der Waals surface area (Å²) in [5.74, 6) is 1.43. The van der Waals surface area contributed by atoms with Crippen LogP contribution in [0.1, 0.15) is 36.2 Å². The number of nitrogens with one attached hydrogen (secondary N) is 1. The molecule has 1 aliphatic heterocycles. The molecule has 0 radical (unpaired) electrons. The van der Waals surface area contributed by atoms with Gasteiger partial charge >= 0.3 is 0 Å². The van der Waals surface area contributed by atoms with Crippen molar-refractivity contribution in [2.75, 3.05) is 24.2 Å². The summed E-state index contributed by atoms with van der Waals surface area (Å²) in [6, 6.07) is 19.4. The Morgan fingerprint density at radius 3 is 2.56 bits per heavy atom. The summed E-state index contributed by atoms with van der Waals surface area (Å²) in [6.07, 6.45) is 2.79. The normalized spacial score (nSPS) is 13.7. The third kappa shape index (κ3) is 5.75. The largest absolute Gasteiger partial charge is 0.325 e. The van der Waals surface area contributed by atoms with Crippen molar-refractivity contribution in [3.63, 3.8) is 0 Å². The van der Waals surface area contributed by atoms with E-state index in [0.717, 1.165) is 30.6 Å². The van der Waals surface area contributed by atoms with E-state index >= 15 is 0 Å². The zero-order valence-electron chi connectivity index (χ0n) is 17.9. The molecule has 1 amide bonds. The van der Waals surface area contributed by atoms with E-state index in [4.69, 9.17) is 0 Å². The predicted molar refractivity (Wildman–Crippen MR) is 125 cm³/mol. The number of hydrogen-bond acceptors (Lipinski definition) is 6. The number of hydrogen-bond donors (Lipinski definition) is 1. The molecule has 1 fully saturated rings. The lowest BCUT2D eigenvalue weighted by atomic mass is 10.2. The van der Waals surface area contributed by atoms with Crippen LogP contribution in [0.2, 0.25) is 0 Å². The molecule has 1 saturated heterocycles. The van der Waals surface area contributed by atoms with E-state index in [1.807, 2.05) is 18.2 Å². The molecule has 0 atom stereocenters. The van der Waals surface area contributed by atoms with Gasteiger partial charge in [0.2, 0.25) is 5.91 Å². The molecule has 8 heteroatoms. The monoisotopic (exact) mass is 446 g/mol. The van der Waals surface area contributed by atoms with Crippen LogP contribution in [0.4, 0.5) is 5.69 Å². The topological polar surface area (TPSA) is 86.8 Å². The van der Waals surface area contributed by atoms with Crippen molar-refractivity contribution in [2.24, 2.45) is 0 Å². The fourth-order valence-electron chi connectivity index (χ4n) is 3.75. The van der Waals surface area contributed by atoms with E-state index in [0.29, 0.717) is 30.0 Å². The molecule has 0 saturated carbocycles. The van der Waals surface area contributed by atoms with Gasteiger partial charge in [-0.25, -0.2) is 0 Å². The molecule has 32 heavy (non-hydrogen) atoms. The van der Waals surface area contributed by atoms with E-state index in [1.165, 1.54) is 30.2 Å². The molecule has 0 bridgehead atoms.